The summed E-state index contributed by atoms with van der Waals surface area (Å²) in [7, 11) is 0. The average Bonchev–Trinajstić information content (AvgIpc) is 3.44. The van der Waals surface area contributed by atoms with Crippen LogP contribution in [0.5, 0.6) is 5.75 Å². The highest BCUT2D eigenvalue weighted by Crippen LogP contribution is 2.36. The fourth-order valence-corrected chi connectivity index (χ4v) is 4.43. The van der Waals surface area contributed by atoms with Crippen molar-refractivity contribution < 1.29 is 4.74 Å². The van der Waals surface area contributed by atoms with Crippen molar-refractivity contribution in [1.29, 1.82) is 0 Å². The molecule has 0 radical (unpaired) electrons. The highest BCUT2D eigenvalue weighted by Gasteiger charge is 2.22. The SMILES string of the molecule is CCCCCCCCCCOc1cc(C)c(C(c2ccc[nH]2)c2ccc[nH]2)c(C)c1. The quantitative estimate of drug-likeness (QED) is 0.281. The molecule has 0 bridgehead atoms. The van der Waals surface area contributed by atoms with Gasteiger partial charge in [-0.2, -0.15) is 0 Å². The fourth-order valence-electron chi connectivity index (χ4n) is 4.43. The minimum atomic E-state index is 0.178. The molecule has 30 heavy (non-hydrogen) atoms. The van der Waals surface area contributed by atoms with Gasteiger partial charge in [-0.1, -0.05) is 51.9 Å². The number of aryl methyl sites for hydroxylation is 2. The molecule has 2 heterocycles. The Morgan fingerprint density at radius 1 is 0.767 bits per heavy atom. The first-order valence-electron chi connectivity index (χ1n) is 11.7. The van der Waals surface area contributed by atoms with E-state index in [1.54, 1.807) is 0 Å². The van der Waals surface area contributed by atoms with Gasteiger partial charge in [0.05, 0.1) is 12.5 Å². The molecule has 3 aromatic rings. The number of benzene rings is 1. The smallest absolute Gasteiger partial charge is 0.119 e. The van der Waals surface area contributed by atoms with Crippen LogP contribution in [0, 0.1) is 13.8 Å². The summed E-state index contributed by atoms with van der Waals surface area (Å²) in [5, 5.41) is 0. The van der Waals surface area contributed by atoms with Crippen molar-refractivity contribution in [2.45, 2.75) is 78.1 Å². The molecule has 3 rings (SSSR count). The van der Waals surface area contributed by atoms with Crippen LogP contribution in [-0.4, -0.2) is 16.6 Å². The summed E-state index contributed by atoms with van der Waals surface area (Å²) >= 11 is 0. The third-order valence-electron chi connectivity index (χ3n) is 5.99. The zero-order valence-electron chi connectivity index (χ0n) is 19.0. The van der Waals surface area contributed by atoms with E-state index in [4.69, 9.17) is 4.74 Å². The van der Waals surface area contributed by atoms with Crippen molar-refractivity contribution in [3.63, 3.8) is 0 Å². The average molecular weight is 407 g/mol. The molecule has 0 fully saturated rings. The van der Waals surface area contributed by atoms with E-state index in [9.17, 15) is 0 Å². The summed E-state index contributed by atoms with van der Waals surface area (Å²) in [5.41, 5.74) is 6.30. The number of nitrogens with one attached hydrogen (secondary N) is 2. The molecule has 3 nitrogen and oxygen atoms in total. The van der Waals surface area contributed by atoms with Gasteiger partial charge in [0.1, 0.15) is 5.75 Å². The van der Waals surface area contributed by atoms with Gasteiger partial charge < -0.3 is 14.7 Å². The molecule has 2 N–H and O–H groups in total. The third kappa shape index (κ3) is 6.04. The molecule has 0 amide bonds. The van der Waals surface area contributed by atoms with E-state index < -0.39 is 0 Å². The first-order chi connectivity index (χ1) is 14.7. The maximum atomic E-state index is 6.11. The summed E-state index contributed by atoms with van der Waals surface area (Å²) in [6.07, 6.45) is 14.6. The molecule has 0 saturated carbocycles. The first-order valence-corrected chi connectivity index (χ1v) is 11.7. The topological polar surface area (TPSA) is 40.8 Å². The van der Waals surface area contributed by atoms with Gasteiger partial charge in [0, 0.05) is 23.8 Å². The minimum Gasteiger partial charge on any atom is -0.494 e. The van der Waals surface area contributed by atoms with Crippen molar-refractivity contribution >= 4 is 0 Å². The Kier molecular flexibility index (Phi) is 8.67. The number of rotatable bonds is 13. The summed E-state index contributed by atoms with van der Waals surface area (Å²) in [6.45, 7) is 7.48. The number of hydrogen-bond acceptors (Lipinski definition) is 1. The fraction of sp³-hybridized carbons (Fsp3) is 0.481. The lowest BCUT2D eigenvalue weighted by molar-refractivity contribution is 0.304. The van der Waals surface area contributed by atoms with E-state index in [1.807, 2.05) is 12.4 Å². The Hall–Kier alpha value is -2.42. The molecule has 162 valence electrons. The molecule has 0 aliphatic rings. The van der Waals surface area contributed by atoms with Crippen molar-refractivity contribution in [1.82, 2.24) is 9.97 Å². The second kappa shape index (κ2) is 11.7. The van der Waals surface area contributed by atoms with E-state index in [2.05, 4.69) is 67.1 Å². The number of unbranched alkanes of at least 4 members (excludes halogenated alkanes) is 7. The summed E-state index contributed by atoms with van der Waals surface area (Å²) in [4.78, 5) is 6.82. The molecule has 0 aliphatic heterocycles. The Balaban J connectivity index is 1.59. The standard InChI is InChI=1S/C27H38N2O/c1-4-5-6-7-8-9-10-11-18-30-23-19-21(2)26(22(3)20-23)27(24-14-12-16-28-24)25-15-13-17-29-25/h12-17,19-20,27-29H,4-11,18H2,1-3H3. The van der Waals surface area contributed by atoms with Crippen LogP contribution in [0.4, 0.5) is 0 Å². The molecule has 0 atom stereocenters. The summed E-state index contributed by atoms with van der Waals surface area (Å²) in [6, 6.07) is 12.9. The van der Waals surface area contributed by atoms with E-state index in [0.29, 0.717) is 0 Å². The van der Waals surface area contributed by atoms with E-state index in [0.717, 1.165) is 18.8 Å². The Morgan fingerprint density at radius 3 is 1.80 bits per heavy atom. The van der Waals surface area contributed by atoms with Crippen LogP contribution in [0.25, 0.3) is 0 Å². The minimum absolute atomic E-state index is 0.178. The molecule has 3 heteroatoms. The van der Waals surface area contributed by atoms with Crippen LogP contribution in [0.15, 0.2) is 48.8 Å². The van der Waals surface area contributed by atoms with Crippen molar-refractivity contribution in [2.24, 2.45) is 0 Å². The maximum Gasteiger partial charge on any atom is 0.119 e. The van der Waals surface area contributed by atoms with Crippen LogP contribution < -0.4 is 4.74 Å². The normalized spacial score (nSPS) is 11.3. The molecular formula is C27H38N2O. The van der Waals surface area contributed by atoms with Gasteiger partial charge in [0.25, 0.3) is 0 Å². The lowest BCUT2D eigenvalue weighted by atomic mass is 9.86. The number of hydrogen-bond donors (Lipinski definition) is 2. The second-order valence-electron chi connectivity index (χ2n) is 8.48. The Bertz CT molecular complexity index is 792. The van der Waals surface area contributed by atoms with Gasteiger partial charge in [-0.25, -0.2) is 0 Å². The van der Waals surface area contributed by atoms with Crippen LogP contribution in [0.3, 0.4) is 0 Å². The van der Waals surface area contributed by atoms with Gasteiger partial charge in [-0.3, -0.25) is 0 Å². The van der Waals surface area contributed by atoms with Gasteiger partial charge in [-0.05, 0) is 73.4 Å². The molecule has 0 aliphatic carbocycles. The monoisotopic (exact) mass is 406 g/mol. The first kappa shape index (κ1) is 22.3. The van der Waals surface area contributed by atoms with Crippen molar-refractivity contribution in [2.75, 3.05) is 6.61 Å². The van der Waals surface area contributed by atoms with Gasteiger partial charge >= 0.3 is 0 Å². The van der Waals surface area contributed by atoms with Crippen LogP contribution >= 0.6 is 0 Å². The number of ether oxygens (including phenoxy) is 1. The molecule has 0 spiro atoms. The second-order valence-corrected chi connectivity index (χ2v) is 8.48. The predicted octanol–water partition coefficient (Wildman–Crippen LogP) is 7.66. The highest BCUT2D eigenvalue weighted by atomic mass is 16.5. The van der Waals surface area contributed by atoms with E-state index >= 15 is 0 Å². The maximum absolute atomic E-state index is 6.11. The van der Waals surface area contributed by atoms with Gasteiger partial charge in [-0.15, -0.1) is 0 Å². The Morgan fingerprint density at radius 2 is 1.30 bits per heavy atom. The molecule has 0 unspecified atom stereocenters. The summed E-state index contributed by atoms with van der Waals surface area (Å²) < 4.78 is 6.11. The lowest BCUT2D eigenvalue weighted by Crippen LogP contribution is -2.09. The van der Waals surface area contributed by atoms with Gasteiger partial charge in [0.2, 0.25) is 0 Å². The molecule has 0 saturated heterocycles. The number of aromatic amines is 2. The number of H-pyrrole nitrogens is 2. The van der Waals surface area contributed by atoms with Gasteiger partial charge in [0.15, 0.2) is 0 Å². The van der Waals surface area contributed by atoms with Crippen molar-refractivity contribution in [3.8, 4) is 5.75 Å². The highest BCUT2D eigenvalue weighted by molar-refractivity contribution is 5.49. The molecule has 2 aromatic heterocycles. The summed E-state index contributed by atoms with van der Waals surface area (Å²) in [5.74, 6) is 1.17. The largest absolute Gasteiger partial charge is 0.494 e. The Labute approximate surface area is 182 Å². The van der Waals surface area contributed by atoms with E-state index in [1.165, 1.54) is 73.0 Å². The zero-order chi connectivity index (χ0) is 21.2. The van der Waals surface area contributed by atoms with Crippen LogP contribution in [0.2, 0.25) is 0 Å². The molecular weight excluding hydrogens is 368 g/mol. The molecule has 1 aromatic carbocycles. The van der Waals surface area contributed by atoms with E-state index in [-0.39, 0.29) is 5.92 Å². The third-order valence-corrected chi connectivity index (χ3v) is 5.99. The number of aromatic nitrogens is 2. The lowest BCUT2D eigenvalue weighted by Gasteiger charge is -2.21. The van der Waals surface area contributed by atoms with Crippen LogP contribution in [-0.2, 0) is 0 Å². The van der Waals surface area contributed by atoms with Crippen molar-refractivity contribution in [3.05, 3.63) is 76.9 Å². The zero-order valence-corrected chi connectivity index (χ0v) is 19.0. The van der Waals surface area contributed by atoms with Crippen LogP contribution in [0.1, 0.15) is 92.3 Å². The predicted molar refractivity (Wildman–Crippen MR) is 127 cm³/mol.